The molecule has 1 N–H and O–H groups in total. The van der Waals surface area contributed by atoms with Gasteiger partial charge in [0.15, 0.2) is 0 Å². The molecule has 2 rings (SSSR count). The first-order valence-corrected chi connectivity index (χ1v) is 7.00. The molecule has 1 fully saturated rings. The minimum Gasteiger partial charge on any atom is -0.392 e. The maximum absolute atomic E-state index is 9.56. The molecule has 2 nitrogen and oxygen atoms in total. The monoisotopic (exact) mass is 247 g/mol. The van der Waals surface area contributed by atoms with Gasteiger partial charge in [-0.2, -0.15) is 0 Å². The van der Waals surface area contributed by atoms with Gasteiger partial charge in [-0.15, -0.1) is 0 Å². The van der Waals surface area contributed by atoms with E-state index in [1.54, 1.807) is 0 Å². The third kappa shape index (κ3) is 2.54. The first-order chi connectivity index (χ1) is 8.52. The Bertz CT molecular complexity index is 416. The molecule has 3 unspecified atom stereocenters. The highest BCUT2D eigenvalue weighted by molar-refractivity contribution is 5.56. The van der Waals surface area contributed by atoms with E-state index in [2.05, 4.69) is 50.8 Å². The molecule has 1 aliphatic heterocycles. The predicted octanol–water partition coefficient (Wildman–Crippen LogP) is 3.36. The Morgan fingerprint density at radius 1 is 1.28 bits per heavy atom. The van der Waals surface area contributed by atoms with Crippen molar-refractivity contribution in [3.8, 4) is 0 Å². The summed E-state index contributed by atoms with van der Waals surface area (Å²) < 4.78 is 0. The van der Waals surface area contributed by atoms with E-state index in [-0.39, 0.29) is 6.61 Å². The van der Waals surface area contributed by atoms with Crippen LogP contribution in [0.5, 0.6) is 0 Å². The normalized spacial score (nSPS) is 28.5. The fourth-order valence-electron chi connectivity index (χ4n) is 3.15. The molecule has 3 atom stereocenters. The van der Waals surface area contributed by atoms with Crippen molar-refractivity contribution in [2.75, 3.05) is 11.4 Å². The largest absolute Gasteiger partial charge is 0.392 e. The van der Waals surface area contributed by atoms with Crippen LogP contribution in [0.15, 0.2) is 18.2 Å². The summed E-state index contributed by atoms with van der Waals surface area (Å²) in [6, 6.07) is 6.97. The summed E-state index contributed by atoms with van der Waals surface area (Å²) in [5.41, 5.74) is 3.49. The summed E-state index contributed by atoms with van der Waals surface area (Å²) >= 11 is 0. The molecular formula is C16H25NO. The van der Waals surface area contributed by atoms with E-state index in [9.17, 15) is 5.11 Å². The molecule has 1 aliphatic rings. The zero-order valence-corrected chi connectivity index (χ0v) is 12.0. The van der Waals surface area contributed by atoms with Crippen LogP contribution in [0.2, 0.25) is 0 Å². The van der Waals surface area contributed by atoms with Gasteiger partial charge in [0.25, 0.3) is 0 Å². The molecular weight excluding hydrogens is 222 g/mol. The molecule has 18 heavy (non-hydrogen) atoms. The van der Waals surface area contributed by atoms with Gasteiger partial charge in [-0.05, 0) is 38.2 Å². The van der Waals surface area contributed by atoms with Gasteiger partial charge in [0.05, 0.1) is 6.61 Å². The summed E-state index contributed by atoms with van der Waals surface area (Å²) in [6.45, 7) is 10.3. The average Bonchev–Trinajstić information content (AvgIpc) is 2.34. The molecule has 0 bridgehead atoms. The Balaban J connectivity index is 2.34. The lowest BCUT2D eigenvalue weighted by Crippen LogP contribution is -2.46. The smallest absolute Gasteiger partial charge is 0.0702 e. The van der Waals surface area contributed by atoms with E-state index in [1.165, 1.54) is 17.7 Å². The molecule has 100 valence electrons. The van der Waals surface area contributed by atoms with Crippen LogP contribution < -0.4 is 4.90 Å². The van der Waals surface area contributed by atoms with Crippen molar-refractivity contribution in [2.24, 2.45) is 11.8 Å². The van der Waals surface area contributed by atoms with Gasteiger partial charge in [-0.3, -0.25) is 0 Å². The van der Waals surface area contributed by atoms with Crippen LogP contribution in [0, 0.1) is 18.8 Å². The molecule has 0 amide bonds. The molecule has 1 heterocycles. The molecule has 0 aliphatic carbocycles. The van der Waals surface area contributed by atoms with Crippen molar-refractivity contribution in [1.82, 2.24) is 0 Å². The van der Waals surface area contributed by atoms with Crippen molar-refractivity contribution in [1.29, 1.82) is 0 Å². The van der Waals surface area contributed by atoms with Crippen molar-refractivity contribution < 1.29 is 5.11 Å². The number of aliphatic hydroxyl groups excluding tert-OH is 1. The molecule has 0 radical (unpaired) electrons. The molecule has 0 spiro atoms. The van der Waals surface area contributed by atoms with Gasteiger partial charge in [0, 0.05) is 23.8 Å². The number of benzene rings is 1. The van der Waals surface area contributed by atoms with Gasteiger partial charge in [-0.1, -0.05) is 31.5 Å². The Morgan fingerprint density at radius 2 is 2.00 bits per heavy atom. The second-order valence-electron chi connectivity index (χ2n) is 6.00. The van der Waals surface area contributed by atoms with Crippen molar-refractivity contribution in [3.05, 3.63) is 29.3 Å². The van der Waals surface area contributed by atoms with Crippen molar-refractivity contribution in [3.63, 3.8) is 0 Å². The van der Waals surface area contributed by atoms with E-state index in [4.69, 9.17) is 0 Å². The molecule has 2 heteroatoms. The topological polar surface area (TPSA) is 23.5 Å². The van der Waals surface area contributed by atoms with Crippen LogP contribution in [0.1, 0.15) is 38.3 Å². The van der Waals surface area contributed by atoms with Crippen LogP contribution in [0.4, 0.5) is 5.69 Å². The highest BCUT2D eigenvalue weighted by Crippen LogP contribution is 2.33. The SMILES string of the molecule is Cc1ccc(N2CC(C)CC(C)C2C)c(CO)c1. The van der Waals surface area contributed by atoms with Gasteiger partial charge >= 0.3 is 0 Å². The Hall–Kier alpha value is -1.02. The lowest BCUT2D eigenvalue weighted by atomic mass is 9.85. The zero-order chi connectivity index (χ0) is 13.3. The second-order valence-corrected chi connectivity index (χ2v) is 6.00. The Kier molecular flexibility index (Phi) is 3.96. The number of nitrogens with zero attached hydrogens (tertiary/aromatic N) is 1. The minimum atomic E-state index is 0.128. The number of anilines is 1. The number of hydrogen-bond acceptors (Lipinski definition) is 2. The van der Waals surface area contributed by atoms with E-state index in [0.717, 1.165) is 18.0 Å². The van der Waals surface area contributed by atoms with Gasteiger partial charge < -0.3 is 10.0 Å². The maximum Gasteiger partial charge on any atom is 0.0702 e. The average molecular weight is 247 g/mol. The number of rotatable bonds is 2. The summed E-state index contributed by atoms with van der Waals surface area (Å²) in [5, 5.41) is 9.56. The third-order valence-corrected chi connectivity index (χ3v) is 4.31. The van der Waals surface area contributed by atoms with Gasteiger partial charge in [0.2, 0.25) is 0 Å². The zero-order valence-electron chi connectivity index (χ0n) is 12.0. The van der Waals surface area contributed by atoms with E-state index in [1.807, 2.05) is 0 Å². The van der Waals surface area contributed by atoms with E-state index >= 15 is 0 Å². The van der Waals surface area contributed by atoms with Crippen LogP contribution >= 0.6 is 0 Å². The van der Waals surface area contributed by atoms with Crippen molar-refractivity contribution in [2.45, 2.75) is 46.8 Å². The van der Waals surface area contributed by atoms with Gasteiger partial charge in [0.1, 0.15) is 0 Å². The quantitative estimate of drug-likeness (QED) is 0.866. The number of aryl methyl sites for hydroxylation is 1. The third-order valence-electron chi connectivity index (χ3n) is 4.31. The first kappa shape index (κ1) is 13.4. The van der Waals surface area contributed by atoms with E-state index in [0.29, 0.717) is 12.0 Å². The number of hydrogen-bond donors (Lipinski definition) is 1. The highest BCUT2D eigenvalue weighted by Gasteiger charge is 2.29. The van der Waals surface area contributed by atoms with Crippen LogP contribution in [-0.4, -0.2) is 17.7 Å². The van der Waals surface area contributed by atoms with Crippen LogP contribution in [-0.2, 0) is 6.61 Å². The highest BCUT2D eigenvalue weighted by atomic mass is 16.3. The summed E-state index contributed by atoms with van der Waals surface area (Å²) in [4.78, 5) is 2.48. The lowest BCUT2D eigenvalue weighted by molar-refractivity contribution is 0.275. The molecule has 1 aromatic rings. The lowest BCUT2D eigenvalue weighted by Gasteiger charge is -2.43. The number of piperidine rings is 1. The van der Waals surface area contributed by atoms with Gasteiger partial charge in [-0.25, -0.2) is 0 Å². The van der Waals surface area contributed by atoms with Crippen LogP contribution in [0.25, 0.3) is 0 Å². The second kappa shape index (κ2) is 5.31. The predicted molar refractivity (Wildman–Crippen MR) is 76.9 cm³/mol. The first-order valence-electron chi connectivity index (χ1n) is 7.00. The van der Waals surface area contributed by atoms with Crippen molar-refractivity contribution >= 4 is 5.69 Å². The fraction of sp³-hybridized carbons (Fsp3) is 0.625. The summed E-state index contributed by atoms with van der Waals surface area (Å²) in [5.74, 6) is 1.44. The molecule has 0 saturated carbocycles. The summed E-state index contributed by atoms with van der Waals surface area (Å²) in [7, 11) is 0. The maximum atomic E-state index is 9.56. The number of aliphatic hydroxyl groups is 1. The van der Waals surface area contributed by atoms with E-state index < -0.39 is 0 Å². The molecule has 1 aromatic carbocycles. The summed E-state index contributed by atoms with van der Waals surface area (Å²) in [6.07, 6.45) is 1.30. The minimum absolute atomic E-state index is 0.128. The standard InChI is InChI=1S/C16H25NO/c1-11-5-6-16(15(8-11)10-18)17-9-12(2)7-13(3)14(17)4/h5-6,8,12-14,18H,7,9-10H2,1-4H3. The molecule has 0 aromatic heterocycles. The molecule has 1 saturated heterocycles. The Labute approximate surface area is 111 Å². The fourth-order valence-corrected chi connectivity index (χ4v) is 3.15. The Morgan fingerprint density at radius 3 is 2.67 bits per heavy atom. The van der Waals surface area contributed by atoms with Crippen LogP contribution in [0.3, 0.4) is 0 Å².